The molecule has 0 unspecified atom stereocenters. The molecule has 1 aromatic heterocycles. The van der Waals surface area contributed by atoms with Gasteiger partial charge in [-0.05, 0) is 61.9 Å². The first-order valence-corrected chi connectivity index (χ1v) is 11.2. The summed E-state index contributed by atoms with van der Waals surface area (Å²) in [6.45, 7) is 6.70. The summed E-state index contributed by atoms with van der Waals surface area (Å²) < 4.78 is 2.30. The van der Waals surface area contributed by atoms with Crippen LogP contribution in [0.3, 0.4) is 0 Å². The third-order valence-corrected chi connectivity index (χ3v) is 6.14. The van der Waals surface area contributed by atoms with Crippen LogP contribution in [0.1, 0.15) is 54.5 Å². The Bertz CT molecular complexity index is 861. The van der Waals surface area contributed by atoms with Crippen molar-refractivity contribution in [1.82, 2.24) is 14.7 Å². The molecule has 1 saturated heterocycles. The minimum absolute atomic E-state index is 0.641. The Morgan fingerprint density at radius 3 is 2.17 bits per heavy atom. The van der Waals surface area contributed by atoms with E-state index < -0.39 is 0 Å². The van der Waals surface area contributed by atoms with Crippen LogP contribution in [0.25, 0.3) is 0 Å². The summed E-state index contributed by atoms with van der Waals surface area (Å²) in [4.78, 5) is 2.61. The summed E-state index contributed by atoms with van der Waals surface area (Å²) in [5, 5.41) is 4.78. The molecule has 0 atom stereocenters. The molecule has 1 aliphatic rings. The van der Waals surface area contributed by atoms with Gasteiger partial charge in [0.2, 0.25) is 0 Å². The quantitative estimate of drug-likeness (QED) is 0.512. The Morgan fingerprint density at radius 2 is 1.52 bits per heavy atom. The van der Waals surface area contributed by atoms with Crippen molar-refractivity contribution in [2.75, 3.05) is 13.1 Å². The standard InChI is InChI=1S/C26H33N3/c1-2-17-29-26(25(20-27-29)14-13-22-9-5-3-6-10-22)24-15-18-28(19-16-24)21-23-11-7-4-8-12-23/h3-12,20,24H,2,13-19,21H2,1H3. The number of piperidine rings is 1. The summed E-state index contributed by atoms with van der Waals surface area (Å²) in [5.74, 6) is 0.641. The molecule has 0 spiro atoms. The Hall–Kier alpha value is -2.39. The van der Waals surface area contributed by atoms with Gasteiger partial charge in [0, 0.05) is 24.7 Å². The van der Waals surface area contributed by atoms with Crippen LogP contribution >= 0.6 is 0 Å². The van der Waals surface area contributed by atoms with Crippen molar-refractivity contribution < 1.29 is 0 Å². The summed E-state index contributed by atoms with van der Waals surface area (Å²) in [5.41, 5.74) is 5.82. The molecule has 3 heteroatoms. The Kier molecular flexibility index (Phi) is 6.79. The average molecular weight is 388 g/mol. The second-order valence-electron chi connectivity index (χ2n) is 8.30. The van der Waals surface area contributed by atoms with Crippen molar-refractivity contribution in [2.45, 2.75) is 58.0 Å². The van der Waals surface area contributed by atoms with E-state index >= 15 is 0 Å². The maximum Gasteiger partial charge on any atom is 0.0524 e. The van der Waals surface area contributed by atoms with Gasteiger partial charge in [0.25, 0.3) is 0 Å². The summed E-state index contributed by atoms with van der Waals surface area (Å²) in [6.07, 6.45) is 7.94. The van der Waals surface area contributed by atoms with Gasteiger partial charge in [0.1, 0.15) is 0 Å². The predicted octanol–water partition coefficient (Wildman–Crippen LogP) is 5.46. The number of aromatic nitrogens is 2. The predicted molar refractivity (Wildman–Crippen MR) is 120 cm³/mol. The van der Waals surface area contributed by atoms with Gasteiger partial charge >= 0.3 is 0 Å². The summed E-state index contributed by atoms with van der Waals surface area (Å²) in [6, 6.07) is 21.7. The summed E-state index contributed by atoms with van der Waals surface area (Å²) in [7, 11) is 0. The highest BCUT2D eigenvalue weighted by atomic mass is 15.3. The maximum absolute atomic E-state index is 4.78. The molecule has 2 aromatic carbocycles. The van der Waals surface area contributed by atoms with Gasteiger partial charge in [0.15, 0.2) is 0 Å². The van der Waals surface area contributed by atoms with E-state index in [0.717, 1.165) is 32.4 Å². The summed E-state index contributed by atoms with van der Waals surface area (Å²) >= 11 is 0. The Balaban J connectivity index is 1.42. The molecule has 0 saturated carbocycles. The second kappa shape index (κ2) is 9.89. The third kappa shape index (κ3) is 5.16. The third-order valence-electron chi connectivity index (χ3n) is 6.14. The molecule has 1 fully saturated rings. The molecule has 152 valence electrons. The Morgan fingerprint density at radius 1 is 0.862 bits per heavy atom. The van der Waals surface area contributed by atoms with E-state index in [1.165, 1.54) is 48.3 Å². The van der Waals surface area contributed by atoms with Crippen molar-refractivity contribution in [3.63, 3.8) is 0 Å². The van der Waals surface area contributed by atoms with E-state index in [1.807, 2.05) is 0 Å². The van der Waals surface area contributed by atoms with E-state index in [-0.39, 0.29) is 0 Å². The lowest BCUT2D eigenvalue weighted by Crippen LogP contribution is -2.33. The lowest BCUT2D eigenvalue weighted by Gasteiger charge is -2.33. The van der Waals surface area contributed by atoms with E-state index in [4.69, 9.17) is 5.10 Å². The fourth-order valence-electron chi connectivity index (χ4n) is 4.62. The molecule has 1 aliphatic heterocycles. The fourth-order valence-corrected chi connectivity index (χ4v) is 4.62. The number of nitrogens with zero attached hydrogens (tertiary/aromatic N) is 3. The first-order valence-electron chi connectivity index (χ1n) is 11.2. The van der Waals surface area contributed by atoms with Crippen molar-refractivity contribution in [3.05, 3.63) is 89.2 Å². The average Bonchev–Trinajstić information content (AvgIpc) is 3.17. The molecule has 0 bridgehead atoms. The van der Waals surface area contributed by atoms with E-state index in [1.54, 1.807) is 0 Å². The van der Waals surface area contributed by atoms with Gasteiger partial charge < -0.3 is 0 Å². The largest absolute Gasteiger partial charge is 0.299 e. The number of rotatable bonds is 8. The molecule has 0 radical (unpaired) electrons. The molecule has 2 heterocycles. The molecule has 3 aromatic rings. The first kappa shape index (κ1) is 19.9. The van der Waals surface area contributed by atoms with E-state index in [2.05, 4.69) is 83.4 Å². The minimum atomic E-state index is 0.641. The van der Waals surface area contributed by atoms with Gasteiger partial charge in [0.05, 0.1) is 6.20 Å². The lowest BCUT2D eigenvalue weighted by atomic mass is 9.89. The van der Waals surface area contributed by atoms with Crippen molar-refractivity contribution in [2.24, 2.45) is 0 Å². The van der Waals surface area contributed by atoms with Crippen molar-refractivity contribution in [1.29, 1.82) is 0 Å². The van der Waals surface area contributed by atoms with Crippen LogP contribution < -0.4 is 0 Å². The molecule has 3 nitrogen and oxygen atoms in total. The van der Waals surface area contributed by atoms with Crippen LogP contribution in [0.4, 0.5) is 0 Å². The smallest absolute Gasteiger partial charge is 0.0524 e. The fraction of sp³-hybridized carbons (Fsp3) is 0.423. The highest BCUT2D eigenvalue weighted by Gasteiger charge is 2.26. The zero-order valence-corrected chi connectivity index (χ0v) is 17.6. The number of likely N-dealkylation sites (tertiary alicyclic amines) is 1. The maximum atomic E-state index is 4.78. The van der Waals surface area contributed by atoms with E-state index in [0.29, 0.717) is 5.92 Å². The van der Waals surface area contributed by atoms with Gasteiger partial charge in [-0.2, -0.15) is 5.10 Å². The van der Waals surface area contributed by atoms with Crippen molar-refractivity contribution >= 4 is 0 Å². The van der Waals surface area contributed by atoms with Crippen molar-refractivity contribution in [3.8, 4) is 0 Å². The molecule has 0 amide bonds. The molecule has 0 aliphatic carbocycles. The van der Waals surface area contributed by atoms with Crippen LogP contribution in [0, 0.1) is 0 Å². The van der Waals surface area contributed by atoms with Crippen LogP contribution in [-0.2, 0) is 25.9 Å². The monoisotopic (exact) mass is 387 g/mol. The number of benzene rings is 2. The molecule has 29 heavy (non-hydrogen) atoms. The number of hydrogen-bond acceptors (Lipinski definition) is 2. The van der Waals surface area contributed by atoms with Gasteiger partial charge in [-0.1, -0.05) is 67.6 Å². The SMILES string of the molecule is CCCn1ncc(CCc2ccccc2)c1C1CCN(Cc2ccccc2)CC1. The highest BCUT2D eigenvalue weighted by molar-refractivity contribution is 5.25. The van der Waals surface area contributed by atoms with Crippen LogP contribution in [0.15, 0.2) is 66.9 Å². The molecular formula is C26H33N3. The minimum Gasteiger partial charge on any atom is -0.299 e. The van der Waals surface area contributed by atoms with Crippen LogP contribution in [-0.4, -0.2) is 27.8 Å². The molecular weight excluding hydrogens is 354 g/mol. The zero-order chi connectivity index (χ0) is 19.9. The number of hydrogen-bond donors (Lipinski definition) is 0. The van der Waals surface area contributed by atoms with E-state index in [9.17, 15) is 0 Å². The van der Waals surface area contributed by atoms with Gasteiger partial charge in [-0.15, -0.1) is 0 Å². The Labute approximate surface area is 175 Å². The molecule has 0 N–H and O–H groups in total. The lowest BCUT2D eigenvalue weighted by molar-refractivity contribution is 0.200. The topological polar surface area (TPSA) is 21.1 Å². The van der Waals surface area contributed by atoms with Gasteiger partial charge in [-0.25, -0.2) is 0 Å². The normalized spacial score (nSPS) is 15.6. The first-order chi connectivity index (χ1) is 14.3. The van der Waals surface area contributed by atoms with Crippen LogP contribution in [0.5, 0.6) is 0 Å². The zero-order valence-electron chi connectivity index (χ0n) is 17.6. The number of aryl methyl sites for hydroxylation is 3. The van der Waals surface area contributed by atoms with Gasteiger partial charge in [-0.3, -0.25) is 9.58 Å². The molecule has 4 rings (SSSR count). The highest BCUT2D eigenvalue weighted by Crippen LogP contribution is 2.32. The second-order valence-corrected chi connectivity index (χ2v) is 8.30. The van der Waals surface area contributed by atoms with Crippen LogP contribution in [0.2, 0.25) is 0 Å².